The molecule has 0 bridgehead atoms. The molecule has 1 nitrogen and oxygen atoms in total. The largest absolute Gasteiger partial charge is 0.306 e. The molecular formula is C18H22FN. The van der Waals surface area contributed by atoms with E-state index in [0.717, 1.165) is 18.5 Å². The molecule has 0 spiro atoms. The Bertz CT molecular complexity index is 505. The average molecular weight is 271 g/mol. The summed E-state index contributed by atoms with van der Waals surface area (Å²) in [4.78, 5) is 0. The summed E-state index contributed by atoms with van der Waals surface area (Å²) < 4.78 is 13.1. The van der Waals surface area contributed by atoms with E-state index in [1.165, 1.54) is 17.7 Å². The van der Waals surface area contributed by atoms with E-state index in [9.17, 15) is 4.39 Å². The predicted molar refractivity (Wildman–Crippen MR) is 82.1 cm³/mol. The molecule has 0 aliphatic rings. The maximum atomic E-state index is 13.1. The van der Waals surface area contributed by atoms with Crippen LogP contribution in [0.15, 0.2) is 54.6 Å². The summed E-state index contributed by atoms with van der Waals surface area (Å²) in [5.41, 5.74) is 2.31. The minimum absolute atomic E-state index is 0.121. The van der Waals surface area contributed by atoms with Crippen molar-refractivity contribution in [2.75, 3.05) is 6.54 Å². The van der Waals surface area contributed by atoms with Gasteiger partial charge in [-0.25, -0.2) is 4.39 Å². The fourth-order valence-electron chi connectivity index (χ4n) is 2.25. The summed E-state index contributed by atoms with van der Waals surface area (Å²) in [7, 11) is 0. The van der Waals surface area contributed by atoms with E-state index in [2.05, 4.69) is 31.3 Å². The number of hydrogen-bond donors (Lipinski definition) is 1. The normalized spacial score (nSPS) is 12.6. The molecule has 2 aromatic carbocycles. The lowest BCUT2D eigenvalue weighted by Gasteiger charge is -2.20. The van der Waals surface area contributed by atoms with Gasteiger partial charge in [0.1, 0.15) is 5.82 Å². The molecule has 1 unspecified atom stereocenters. The molecule has 2 rings (SSSR count). The Morgan fingerprint density at radius 1 is 0.900 bits per heavy atom. The first kappa shape index (κ1) is 14.7. The lowest BCUT2D eigenvalue weighted by Crippen LogP contribution is -2.24. The van der Waals surface area contributed by atoms with E-state index in [1.54, 1.807) is 0 Å². The first-order valence-corrected chi connectivity index (χ1v) is 7.20. The first-order chi connectivity index (χ1) is 9.66. The van der Waals surface area contributed by atoms with Gasteiger partial charge in [0.2, 0.25) is 0 Å². The van der Waals surface area contributed by atoms with Gasteiger partial charge in [-0.2, -0.15) is 0 Å². The van der Waals surface area contributed by atoms with Crippen molar-refractivity contribution in [1.29, 1.82) is 0 Å². The Balaban J connectivity index is 2.18. The second-order valence-electron chi connectivity index (χ2n) is 5.53. The van der Waals surface area contributed by atoms with Gasteiger partial charge in [-0.05, 0) is 42.1 Å². The third-order valence-corrected chi connectivity index (χ3v) is 3.41. The summed E-state index contributed by atoms with van der Waals surface area (Å²) in [6.45, 7) is 5.39. The molecule has 106 valence electrons. The minimum Gasteiger partial charge on any atom is -0.306 e. The van der Waals surface area contributed by atoms with Crippen molar-refractivity contribution in [2.45, 2.75) is 26.3 Å². The van der Waals surface area contributed by atoms with Crippen molar-refractivity contribution in [3.8, 4) is 0 Å². The van der Waals surface area contributed by atoms with E-state index in [4.69, 9.17) is 0 Å². The lowest BCUT2D eigenvalue weighted by molar-refractivity contribution is 0.509. The highest BCUT2D eigenvalue weighted by Crippen LogP contribution is 2.22. The zero-order valence-corrected chi connectivity index (χ0v) is 12.1. The third-order valence-electron chi connectivity index (χ3n) is 3.41. The molecule has 2 aromatic rings. The van der Waals surface area contributed by atoms with Crippen LogP contribution in [-0.4, -0.2) is 6.54 Å². The van der Waals surface area contributed by atoms with Crippen LogP contribution in [-0.2, 0) is 0 Å². The van der Waals surface area contributed by atoms with E-state index < -0.39 is 0 Å². The Hall–Kier alpha value is -1.67. The summed E-state index contributed by atoms with van der Waals surface area (Å²) in [5.74, 6) is 0.481. The van der Waals surface area contributed by atoms with Crippen molar-refractivity contribution < 1.29 is 4.39 Å². The predicted octanol–water partition coefficient (Wildman–Crippen LogP) is 4.55. The second kappa shape index (κ2) is 7.20. The number of benzene rings is 2. The summed E-state index contributed by atoms with van der Waals surface area (Å²) in [6, 6.07) is 17.2. The van der Waals surface area contributed by atoms with Crippen molar-refractivity contribution in [3.63, 3.8) is 0 Å². The quantitative estimate of drug-likeness (QED) is 0.812. The van der Waals surface area contributed by atoms with Crippen molar-refractivity contribution in [2.24, 2.45) is 5.92 Å². The van der Waals surface area contributed by atoms with Gasteiger partial charge < -0.3 is 5.32 Å². The molecule has 0 saturated carbocycles. The Kier molecular flexibility index (Phi) is 5.31. The first-order valence-electron chi connectivity index (χ1n) is 7.20. The Morgan fingerprint density at radius 2 is 1.50 bits per heavy atom. The van der Waals surface area contributed by atoms with Gasteiger partial charge in [-0.15, -0.1) is 0 Å². The SMILES string of the molecule is CC(C)CCNC(c1ccccc1)c1ccc(F)cc1. The van der Waals surface area contributed by atoms with Crippen LogP contribution in [0.5, 0.6) is 0 Å². The van der Waals surface area contributed by atoms with Crippen LogP contribution in [0.3, 0.4) is 0 Å². The molecule has 0 fully saturated rings. The van der Waals surface area contributed by atoms with Gasteiger partial charge in [-0.3, -0.25) is 0 Å². The number of nitrogens with one attached hydrogen (secondary N) is 1. The highest BCUT2D eigenvalue weighted by molar-refractivity contribution is 5.31. The van der Waals surface area contributed by atoms with Gasteiger partial charge in [0.25, 0.3) is 0 Å². The lowest BCUT2D eigenvalue weighted by atomic mass is 9.98. The number of halogens is 1. The van der Waals surface area contributed by atoms with E-state index in [-0.39, 0.29) is 11.9 Å². The maximum absolute atomic E-state index is 13.1. The third kappa shape index (κ3) is 4.17. The average Bonchev–Trinajstić information content (AvgIpc) is 2.46. The molecule has 0 aromatic heterocycles. The van der Waals surface area contributed by atoms with Crippen LogP contribution < -0.4 is 5.32 Å². The maximum Gasteiger partial charge on any atom is 0.123 e. The Labute approximate surface area is 120 Å². The summed E-state index contributed by atoms with van der Waals surface area (Å²) in [6.07, 6.45) is 1.13. The van der Waals surface area contributed by atoms with Crippen LogP contribution >= 0.6 is 0 Å². The van der Waals surface area contributed by atoms with Gasteiger partial charge in [-0.1, -0.05) is 56.3 Å². The highest BCUT2D eigenvalue weighted by atomic mass is 19.1. The van der Waals surface area contributed by atoms with Gasteiger partial charge >= 0.3 is 0 Å². The molecule has 20 heavy (non-hydrogen) atoms. The number of hydrogen-bond acceptors (Lipinski definition) is 1. The fourth-order valence-corrected chi connectivity index (χ4v) is 2.25. The van der Waals surface area contributed by atoms with Crippen molar-refractivity contribution >= 4 is 0 Å². The van der Waals surface area contributed by atoms with Crippen LogP contribution in [0.4, 0.5) is 4.39 Å². The molecule has 0 radical (unpaired) electrons. The second-order valence-corrected chi connectivity index (χ2v) is 5.53. The van der Waals surface area contributed by atoms with Crippen LogP contribution in [0, 0.1) is 11.7 Å². The zero-order valence-electron chi connectivity index (χ0n) is 12.1. The highest BCUT2D eigenvalue weighted by Gasteiger charge is 2.13. The smallest absolute Gasteiger partial charge is 0.123 e. The zero-order chi connectivity index (χ0) is 14.4. The van der Waals surface area contributed by atoms with Gasteiger partial charge in [0.15, 0.2) is 0 Å². The van der Waals surface area contributed by atoms with Crippen molar-refractivity contribution in [1.82, 2.24) is 5.32 Å². The molecule has 0 amide bonds. The molecular weight excluding hydrogens is 249 g/mol. The number of rotatable bonds is 6. The molecule has 0 saturated heterocycles. The topological polar surface area (TPSA) is 12.0 Å². The minimum atomic E-state index is -0.192. The fraction of sp³-hybridized carbons (Fsp3) is 0.333. The van der Waals surface area contributed by atoms with E-state index in [0.29, 0.717) is 5.92 Å². The van der Waals surface area contributed by atoms with Gasteiger partial charge in [0.05, 0.1) is 6.04 Å². The summed E-state index contributed by atoms with van der Waals surface area (Å²) >= 11 is 0. The van der Waals surface area contributed by atoms with Crippen molar-refractivity contribution in [3.05, 3.63) is 71.5 Å². The molecule has 1 atom stereocenters. The Morgan fingerprint density at radius 3 is 2.10 bits per heavy atom. The molecule has 0 aliphatic heterocycles. The standard InChI is InChI=1S/C18H22FN/c1-14(2)12-13-20-18(15-6-4-3-5-7-15)16-8-10-17(19)11-9-16/h3-11,14,18,20H,12-13H2,1-2H3. The van der Waals surface area contributed by atoms with Gasteiger partial charge in [0, 0.05) is 0 Å². The van der Waals surface area contributed by atoms with Crippen LogP contribution in [0.25, 0.3) is 0 Å². The summed E-state index contributed by atoms with van der Waals surface area (Å²) in [5, 5.41) is 3.58. The van der Waals surface area contributed by atoms with E-state index >= 15 is 0 Å². The van der Waals surface area contributed by atoms with Crippen LogP contribution in [0.2, 0.25) is 0 Å². The molecule has 2 heteroatoms. The molecule has 1 N–H and O–H groups in total. The molecule has 0 aliphatic carbocycles. The van der Waals surface area contributed by atoms with Crippen LogP contribution in [0.1, 0.15) is 37.4 Å². The monoisotopic (exact) mass is 271 g/mol. The van der Waals surface area contributed by atoms with E-state index in [1.807, 2.05) is 30.3 Å². The molecule has 0 heterocycles.